The molecule has 1 aromatic rings. The van der Waals surface area contributed by atoms with Gasteiger partial charge in [-0.1, -0.05) is 18.2 Å². The second-order valence-corrected chi connectivity index (χ2v) is 7.24. The third-order valence-corrected chi connectivity index (χ3v) is 5.29. The average molecular weight is 382 g/mol. The largest absolute Gasteiger partial charge is 0.492 e. The van der Waals surface area contributed by atoms with E-state index in [1.54, 1.807) is 30.0 Å². The zero-order valence-electron chi connectivity index (χ0n) is 13.8. The molecule has 1 heterocycles. The van der Waals surface area contributed by atoms with Crippen molar-refractivity contribution in [2.75, 3.05) is 12.4 Å². The summed E-state index contributed by atoms with van der Waals surface area (Å²) in [5.41, 5.74) is 0.757. The van der Waals surface area contributed by atoms with E-state index in [1.807, 2.05) is 0 Å². The summed E-state index contributed by atoms with van der Waals surface area (Å²) in [5.74, 6) is -0.448. The first-order valence-electron chi connectivity index (χ1n) is 8.26. The second kappa shape index (κ2) is 7.70. The molecule has 138 valence electrons. The Bertz CT molecular complexity index is 781. The van der Waals surface area contributed by atoms with Crippen molar-refractivity contribution < 1.29 is 27.5 Å². The number of carbonyl (C=O) groups excluding carboxylic acids is 2. The highest BCUT2D eigenvalue weighted by atomic mass is 32.2. The summed E-state index contributed by atoms with van der Waals surface area (Å²) in [5, 5.41) is 0. The second-order valence-electron chi connectivity index (χ2n) is 6.11. The highest BCUT2D eigenvalue weighted by molar-refractivity contribution is 7.99. The molecule has 0 aromatic heterocycles. The van der Waals surface area contributed by atoms with Crippen molar-refractivity contribution in [2.45, 2.75) is 30.3 Å². The number of thioether (sulfide) groups is 1. The van der Waals surface area contributed by atoms with Crippen LogP contribution in [0.15, 0.2) is 46.9 Å². The maximum Gasteiger partial charge on any atom is 0.395 e. The molecule has 1 aliphatic carbocycles. The van der Waals surface area contributed by atoms with E-state index in [4.69, 9.17) is 4.74 Å². The van der Waals surface area contributed by atoms with Gasteiger partial charge in [-0.05, 0) is 24.6 Å². The molecule has 0 bridgehead atoms. The topological polar surface area (TPSA) is 43.4 Å². The van der Waals surface area contributed by atoms with Gasteiger partial charge in [-0.2, -0.15) is 13.2 Å². The van der Waals surface area contributed by atoms with Crippen molar-refractivity contribution in [1.82, 2.24) is 0 Å². The van der Waals surface area contributed by atoms with Gasteiger partial charge in [0.15, 0.2) is 11.6 Å². The van der Waals surface area contributed by atoms with Gasteiger partial charge in [-0.25, -0.2) is 0 Å². The normalized spacial score (nSPS) is 19.3. The SMILES string of the molecule is O=C(CCC(=O)c1ccc2c(c1)SCCO2)C1=CCC(C(F)(F)F)C=C1. The molecule has 3 nitrogen and oxygen atoms in total. The van der Waals surface area contributed by atoms with Crippen LogP contribution in [0.2, 0.25) is 0 Å². The lowest BCUT2D eigenvalue weighted by atomic mass is 9.92. The van der Waals surface area contributed by atoms with Crippen LogP contribution in [0.1, 0.15) is 29.6 Å². The van der Waals surface area contributed by atoms with Gasteiger partial charge in [0.2, 0.25) is 0 Å². The molecule has 1 aliphatic heterocycles. The zero-order chi connectivity index (χ0) is 18.7. The maximum atomic E-state index is 12.6. The summed E-state index contributed by atoms with van der Waals surface area (Å²) < 4.78 is 43.3. The predicted octanol–water partition coefficient (Wildman–Crippen LogP) is 4.77. The molecule has 3 rings (SSSR count). The Labute approximate surface area is 153 Å². The molecule has 1 atom stereocenters. The fourth-order valence-electron chi connectivity index (χ4n) is 2.80. The molecule has 7 heteroatoms. The highest BCUT2D eigenvalue weighted by Gasteiger charge is 2.38. The van der Waals surface area contributed by atoms with Gasteiger partial charge in [-0.15, -0.1) is 11.8 Å². The van der Waals surface area contributed by atoms with Crippen molar-refractivity contribution in [2.24, 2.45) is 5.92 Å². The molecule has 1 unspecified atom stereocenters. The minimum atomic E-state index is -4.30. The van der Waals surface area contributed by atoms with Gasteiger partial charge in [0.25, 0.3) is 0 Å². The van der Waals surface area contributed by atoms with E-state index in [-0.39, 0.29) is 36.4 Å². The van der Waals surface area contributed by atoms with Crippen molar-refractivity contribution in [1.29, 1.82) is 0 Å². The smallest absolute Gasteiger partial charge is 0.395 e. The quantitative estimate of drug-likeness (QED) is 0.688. The molecule has 0 spiro atoms. The fraction of sp³-hybridized carbons (Fsp3) is 0.368. The Morgan fingerprint density at radius 2 is 1.96 bits per heavy atom. The lowest BCUT2D eigenvalue weighted by molar-refractivity contribution is -0.160. The fourth-order valence-corrected chi connectivity index (χ4v) is 3.67. The number of ketones is 2. The molecule has 0 radical (unpaired) electrons. The van der Waals surface area contributed by atoms with E-state index in [9.17, 15) is 22.8 Å². The summed E-state index contributed by atoms with van der Waals surface area (Å²) in [6.07, 6.45) is -1.01. The molecular formula is C19H17F3O3S. The molecule has 0 saturated carbocycles. The van der Waals surface area contributed by atoms with Gasteiger partial charge in [0.05, 0.1) is 17.4 Å². The van der Waals surface area contributed by atoms with Crippen LogP contribution in [0.3, 0.4) is 0 Å². The first kappa shape index (κ1) is 18.8. The predicted molar refractivity (Wildman–Crippen MR) is 92.6 cm³/mol. The van der Waals surface area contributed by atoms with E-state index in [0.29, 0.717) is 12.2 Å². The van der Waals surface area contributed by atoms with E-state index in [1.165, 1.54) is 12.2 Å². The maximum absolute atomic E-state index is 12.6. The third-order valence-electron chi connectivity index (χ3n) is 4.29. The lowest BCUT2D eigenvalue weighted by Crippen LogP contribution is -2.22. The van der Waals surface area contributed by atoms with Crippen molar-refractivity contribution in [3.05, 3.63) is 47.6 Å². The van der Waals surface area contributed by atoms with E-state index in [0.717, 1.165) is 22.5 Å². The van der Waals surface area contributed by atoms with Crippen molar-refractivity contribution in [3.8, 4) is 5.75 Å². The summed E-state index contributed by atoms with van der Waals surface area (Å²) in [6.45, 7) is 0.636. The summed E-state index contributed by atoms with van der Waals surface area (Å²) in [6, 6.07) is 5.19. The van der Waals surface area contributed by atoms with E-state index in [2.05, 4.69) is 0 Å². The Morgan fingerprint density at radius 3 is 2.65 bits per heavy atom. The summed E-state index contributed by atoms with van der Waals surface area (Å²) in [4.78, 5) is 25.4. The van der Waals surface area contributed by atoms with Crippen LogP contribution in [0.25, 0.3) is 0 Å². The van der Waals surface area contributed by atoms with Gasteiger partial charge in [-0.3, -0.25) is 9.59 Å². The Kier molecular flexibility index (Phi) is 5.55. The van der Waals surface area contributed by atoms with Crippen LogP contribution in [0, 0.1) is 5.92 Å². The molecule has 2 aliphatic rings. The number of alkyl halides is 3. The Hall–Kier alpha value is -2.02. The highest BCUT2D eigenvalue weighted by Crippen LogP contribution is 2.35. The summed E-state index contributed by atoms with van der Waals surface area (Å²) in [7, 11) is 0. The van der Waals surface area contributed by atoms with Crippen LogP contribution in [-0.4, -0.2) is 30.1 Å². The first-order chi connectivity index (χ1) is 12.3. The molecule has 26 heavy (non-hydrogen) atoms. The monoisotopic (exact) mass is 382 g/mol. The van der Waals surface area contributed by atoms with Crippen LogP contribution in [0.5, 0.6) is 5.75 Å². The van der Waals surface area contributed by atoms with Gasteiger partial charge >= 0.3 is 6.18 Å². The Balaban J connectivity index is 1.56. The van der Waals surface area contributed by atoms with Gasteiger partial charge in [0, 0.05) is 29.7 Å². The lowest BCUT2D eigenvalue weighted by Gasteiger charge is -2.18. The number of fused-ring (bicyclic) bond motifs is 1. The molecule has 1 aromatic carbocycles. The van der Waals surface area contributed by atoms with Gasteiger partial charge in [0.1, 0.15) is 5.75 Å². The standard InChI is InChI=1S/C19H17F3O3S/c20-19(21,22)14-4-1-12(2-5-14)15(23)6-7-16(24)13-3-8-17-18(11-13)26-10-9-25-17/h1-4,8,11,14H,5-7,9-10H2. The number of benzene rings is 1. The van der Waals surface area contributed by atoms with Crippen molar-refractivity contribution >= 4 is 23.3 Å². The third kappa shape index (κ3) is 4.38. The van der Waals surface area contributed by atoms with Crippen LogP contribution < -0.4 is 4.74 Å². The van der Waals surface area contributed by atoms with E-state index >= 15 is 0 Å². The number of allylic oxidation sites excluding steroid dienone is 4. The molecule has 0 N–H and O–H groups in total. The molecule has 0 saturated heterocycles. The Morgan fingerprint density at radius 1 is 1.19 bits per heavy atom. The van der Waals surface area contributed by atoms with Crippen LogP contribution in [-0.2, 0) is 4.79 Å². The number of hydrogen-bond acceptors (Lipinski definition) is 4. The van der Waals surface area contributed by atoms with E-state index < -0.39 is 12.1 Å². The van der Waals surface area contributed by atoms with Gasteiger partial charge < -0.3 is 4.74 Å². The molecular weight excluding hydrogens is 365 g/mol. The van der Waals surface area contributed by atoms with Crippen LogP contribution >= 0.6 is 11.8 Å². The number of rotatable bonds is 5. The zero-order valence-corrected chi connectivity index (χ0v) is 14.7. The number of hydrogen-bond donors (Lipinski definition) is 0. The minimum absolute atomic E-state index is 0.0214. The molecule has 0 fully saturated rings. The summed E-state index contributed by atoms with van der Waals surface area (Å²) >= 11 is 1.62. The number of Topliss-reactive ketones (excluding diaryl/α,β-unsaturated/α-hetero) is 2. The number of halogens is 3. The first-order valence-corrected chi connectivity index (χ1v) is 9.24. The number of carbonyl (C=O) groups is 2. The molecule has 0 amide bonds. The minimum Gasteiger partial charge on any atom is -0.492 e. The average Bonchev–Trinajstić information content (AvgIpc) is 2.64. The van der Waals surface area contributed by atoms with Crippen LogP contribution in [0.4, 0.5) is 13.2 Å². The van der Waals surface area contributed by atoms with Crippen molar-refractivity contribution in [3.63, 3.8) is 0 Å². The number of ether oxygens (including phenoxy) is 1.